The highest BCUT2D eigenvalue weighted by Gasteiger charge is 2.12. The minimum atomic E-state index is -0.585. The summed E-state index contributed by atoms with van der Waals surface area (Å²) in [6.07, 6.45) is 0. The van der Waals surface area contributed by atoms with Gasteiger partial charge >= 0.3 is 0 Å². The van der Waals surface area contributed by atoms with E-state index in [0.717, 1.165) is 18.2 Å². The molecule has 2 aromatic rings. The topological polar surface area (TPSA) is 55.2 Å². The number of halogens is 3. The summed E-state index contributed by atoms with van der Waals surface area (Å²) in [4.78, 5) is 10.3. The van der Waals surface area contributed by atoms with Crippen LogP contribution in [-0.2, 0) is 6.54 Å². The molecule has 4 nitrogen and oxygen atoms in total. The number of benzene rings is 2. The molecule has 2 rings (SSSR count). The molecule has 104 valence electrons. The Morgan fingerprint density at radius 3 is 2.65 bits per heavy atom. The lowest BCUT2D eigenvalue weighted by atomic mass is 10.2. The summed E-state index contributed by atoms with van der Waals surface area (Å²) in [5.74, 6) is -1.14. The van der Waals surface area contributed by atoms with Gasteiger partial charge in [-0.2, -0.15) is 0 Å². The Labute approximate surface area is 121 Å². The average Bonchev–Trinajstić information content (AvgIpc) is 2.41. The predicted molar refractivity (Wildman–Crippen MR) is 74.5 cm³/mol. The van der Waals surface area contributed by atoms with Crippen LogP contribution in [0.5, 0.6) is 0 Å². The minimum absolute atomic E-state index is 0.00979. The first-order chi connectivity index (χ1) is 9.47. The van der Waals surface area contributed by atoms with Crippen LogP contribution in [0, 0.1) is 21.7 Å². The third-order valence-electron chi connectivity index (χ3n) is 2.62. The second kappa shape index (κ2) is 5.96. The van der Waals surface area contributed by atoms with Crippen LogP contribution in [0.3, 0.4) is 0 Å². The van der Waals surface area contributed by atoms with Crippen molar-refractivity contribution in [2.45, 2.75) is 6.54 Å². The SMILES string of the molecule is O=[N+]([O-])c1cc(CNc2cc(F)ccc2F)ccc1Br. The molecule has 1 N–H and O–H groups in total. The molecule has 0 aliphatic heterocycles. The van der Waals surface area contributed by atoms with Crippen molar-refractivity contribution in [1.29, 1.82) is 0 Å². The number of nitrogens with zero attached hydrogens (tertiary/aromatic N) is 1. The number of hydrogen-bond donors (Lipinski definition) is 1. The number of nitro groups is 1. The molecule has 0 heterocycles. The van der Waals surface area contributed by atoms with Gasteiger partial charge in [0, 0.05) is 12.6 Å². The first-order valence-electron chi connectivity index (χ1n) is 5.59. The van der Waals surface area contributed by atoms with Crippen molar-refractivity contribution in [3.8, 4) is 0 Å². The van der Waals surface area contributed by atoms with Crippen LogP contribution >= 0.6 is 15.9 Å². The van der Waals surface area contributed by atoms with Gasteiger partial charge in [0.05, 0.1) is 15.1 Å². The molecule has 0 aliphatic carbocycles. The molecular formula is C13H9BrF2N2O2. The van der Waals surface area contributed by atoms with Crippen molar-refractivity contribution in [3.63, 3.8) is 0 Å². The molecule has 0 amide bonds. The predicted octanol–water partition coefficient (Wildman–Crippen LogP) is 4.25. The first-order valence-corrected chi connectivity index (χ1v) is 6.38. The Morgan fingerprint density at radius 1 is 1.20 bits per heavy atom. The molecular weight excluding hydrogens is 334 g/mol. The summed E-state index contributed by atoms with van der Waals surface area (Å²) in [6.45, 7) is 0.147. The van der Waals surface area contributed by atoms with Gasteiger partial charge in [-0.25, -0.2) is 8.78 Å². The molecule has 0 aliphatic rings. The smallest absolute Gasteiger partial charge is 0.283 e. The van der Waals surface area contributed by atoms with Crippen LogP contribution in [0.15, 0.2) is 40.9 Å². The second-order valence-corrected chi connectivity index (χ2v) is 4.87. The zero-order valence-corrected chi connectivity index (χ0v) is 11.7. The molecule has 0 spiro atoms. The Kier molecular flexibility index (Phi) is 4.29. The number of hydrogen-bond acceptors (Lipinski definition) is 3. The number of rotatable bonds is 4. The Hall–Kier alpha value is -2.02. The second-order valence-electron chi connectivity index (χ2n) is 4.02. The van der Waals surface area contributed by atoms with E-state index in [0.29, 0.717) is 10.0 Å². The Balaban J connectivity index is 2.17. The summed E-state index contributed by atoms with van der Waals surface area (Å²) in [5, 5.41) is 13.5. The summed E-state index contributed by atoms with van der Waals surface area (Å²) in [7, 11) is 0. The number of anilines is 1. The van der Waals surface area contributed by atoms with Crippen molar-refractivity contribution in [3.05, 3.63) is 68.2 Å². The van der Waals surface area contributed by atoms with Gasteiger partial charge in [0.15, 0.2) is 0 Å². The fourth-order valence-corrected chi connectivity index (χ4v) is 2.03. The van der Waals surface area contributed by atoms with Crippen LogP contribution < -0.4 is 5.32 Å². The van der Waals surface area contributed by atoms with Crippen molar-refractivity contribution < 1.29 is 13.7 Å². The Morgan fingerprint density at radius 2 is 1.95 bits per heavy atom. The molecule has 2 aromatic carbocycles. The molecule has 0 radical (unpaired) electrons. The summed E-state index contributed by atoms with van der Waals surface area (Å²) >= 11 is 3.08. The van der Waals surface area contributed by atoms with Gasteiger partial charge < -0.3 is 5.32 Å². The van der Waals surface area contributed by atoms with Gasteiger partial charge in [0.1, 0.15) is 11.6 Å². The molecule has 20 heavy (non-hydrogen) atoms. The molecule has 0 bridgehead atoms. The minimum Gasteiger partial charge on any atom is -0.379 e. The largest absolute Gasteiger partial charge is 0.379 e. The number of nitro benzene ring substituents is 1. The highest BCUT2D eigenvalue weighted by molar-refractivity contribution is 9.10. The maximum atomic E-state index is 13.4. The molecule has 0 saturated heterocycles. The zero-order chi connectivity index (χ0) is 14.7. The van der Waals surface area contributed by atoms with E-state index >= 15 is 0 Å². The van der Waals surface area contributed by atoms with Gasteiger partial charge in [0.25, 0.3) is 5.69 Å². The molecule has 0 saturated carbocycles. The third-order valence-corrected chi connectivity index (χ3v) is 3.29. The maximum absolute atomic E-state index is 13.4. The van der Waals surface area contributed by atoms with E-state index in [1.54, 1.807) is 6.07 Å². The zero-order valence-electron chi connectivity index (χ0n) is 10.1. The lowest BCUT2D eigenvalue weighted by Crippen LogP contribution is -2.02. The van der Waals surface area contributed by atoms with E-state index in [2.05, 4.69) is 21.2 Å². The molecule has 7 heteroatoms. The fourth-order valence-electron chi connectivity index (χ4n) is 1.64. The Bertz CT molecular complexity index is 665. The highest BCUT2D eigenvalue weighted by Crippen LogP contribution is 2.26. The lowest BCUT2D eigenvalue weighted by molar-refractivity contribution is -0.385. The van der Waals surface area contributed by atoms with E-state index in [9.17, 15) is 18.9 Å². The van der Waals surface area contributed by atoms with Crippen molar-refractivity contribution in [2.24, 2.45) is 0 Å². The maximum Gasteiger partial charge on any atom is 0.283 e. The van der Waals surface area contributed by atoms with Crippen molar-refractivity contribution in [2.75, 3.05) is 5.32 Å². The molecule has 0 atom stereocenters. The molecule has 0 fully saturated rings. The van der Waals surface area contributed by atoms with Crippen LogP contribution in [0.4, 0.5) is 20.2 Å². The summed E-state index contributed by atoms with van der Waals surface area (Å²) in [6, 6.07) is 7.63. The number of nitrogens with one attached hydrogen (secondary N) is 1. The lowest BCUT2D eigenvalue weighted by Gasteiger charge is -2.08. The standard InChI is InChI=1S/C13H9BrF2N2O2/c14-10-3-1-8(5-13(10)18(19)20)7-17-12-6-9(15)2-4-11(12)16/h1-6,17H,7H2. The average molecular weight is 343 g/mol. The van der Waals surface area contributed by atoms with Gasteiger partial charge in [-0.1, -0.05) is 6.07 Å². The van der Waals surface area contributed by atoms with Crippen LogP contribution in [0.2, 0.25) is 0 Å². The van der Waals surface area contributed by atoms with Crippen molar-refractivity contribution >= 4 is 27.3 Å². The third kappa shape index (κ3) is 3.30. The van der Waals surface area contributed by atoms with Gasteiger partial charge in [-0.05, 0) is 45.8 Å². The highest BCUT2D eigenvalue weighted by atomic mass is 79.9. The van der Waals surface area contributed by atoms with Gasteiger partial charge in [-0.3, -0.25) is 10.1 Å². The van der Waals surface area contributed by atoms with Gasteiger partial charge in [-0.15, -0.1) is 0 Å². The van der Waals surface area contributed by atoms with E-state index in [1.165, 1.54) is 12.1 Å². The van der Waals surface area contributed by atoms with Crippen LogP contribution in [0.1, 0.15) is 5.56 Å². The molecule has 0 aromatic heterocycles. The van der Waals surface area contributed by atoms with Crippen molar-refractivity contribution in [1.82, 2.24) is 0 Å². The fraction of sp³-hybridized carbons (Fsp3) is 0.0769. The van der Waals surface area contributed by atoms with E-state index in [1.807, 2.05) is 0 Å². The van der Waals surface area contributed by atoms with Gasteiger partial charge in [0.2, 0.25) is 0 Å². The summed E-state index contributed by atoms with van der Waals surface area (Å²) in [5.41, 5.74) is 0.517. The van der Waals surface area contributed by atoms with E-state index < -0.39 is 16.6 Å². The van der Waals surface area contributed by atoms with Crippen LogP contribution in [-0.4, -0.2) is 4.92 Å². The summed E-state index contributed by atoms with van der Waals surface area (Å²) < 4.78 is 26.8. The normalized spacial score (nSPS) is 10.3. The van der Waals surface area contributed by atoms with E-state index in [-0.39, 0.29) is 17.9 Å². The van der Waals surface area contributed by atoms with E-state index in [4.69, 9.17) is 0 Å². The quantitative estimate of drug-likeness (QED) is 0.667. The molecule has 0 unspecified atom stereocenters. The monoisotopic (exact) mass is 342 g/mol. The van der Waals surface area contributed by atoms with Crippen LogP contribution in [0.25, 0.3) is 0 Å². The first kappa shape index (κ1) is 14.4.